The molecular formula is C14H22N2OS. The first kappa shape index (κ1) is 13.6. The Morgan fingerprint density at radius 2 is 2.39 bits per heavy atom. The van der Waals surface area contributed by atoms with E-state index in [1.807, 2.05) is 6.07 Å². The van der Waals surface area contributed by atoms with Gasteiger partial charge in [-0.2, -0.15) is 0 Å². The van der Waals surface area contributed by atoms with Crippen molar-refractivity contribution in [2.45, 2.75) is 44.6 Å². The van der Waals surface area contributed by atoms with Gasteiger partial charge in [0.05, 0.1) is 0 Å². The molecule has 100 valence electrons. The van der Waals surface area contributed by atoms with Crippen LogP contribution in [0, 0.1) is 5.92 Å². The molecule has 0 aromatic carbocycles. The zero-order valence-corrected chi connectivity index (χ0v) is 11.5. The highest BCUT2D eigenvalue weighted by atomic mass is 32.1. The maximum atomic E-state index is 11.8. The Hall–Kier alpha value is -0.870. The van der Waals surface area contributed by atoms with Crippen molar-refractivity contribution in [2.24, 2.45) is 11.7 Å². The highest BCUT2D eigenvalue weighted by molar-refractivity contribution is 7.09. The van der Waals surface area contributed by atoms with Gasteiger partial charge in [-0.1, -0.05) is 6.07 Å². The molecule has 3 N–H and O–H groups in total. The van der Waals surface area contributed by atoms with Gasteiger partial charge in [0.1, 0.15) is 0 Å². The second-order valence-corrected chi connectivity index (χ2v) is 6.13. The molecule has 2 unspecified atom stereocenters. The van der Waals surface area contributed by atoms with E-state index in [0.717, 1.165) is 38.1 Å². The second-order valence-electron chi connectivity index (χ2n) is 5.10. The number of nitrogens with two attached hydrogens (primary N) is 1. The van der Waals surface area contributed by atoms with E-state index in [-0.39, 0.29) is 5.91 Å². The quantitative estimate of drug-likeness (QED) is 0.830. The molecule has 0 aliphatic heterocycles. The van der Waals surface area contributed by atoms with E-state index in [1.165, 1.54) is 11.3 Å². The van der Waals surface area contributed by atoms with Crippen molar-refractivity contribution in [3.8, 4) is 0 Å². The molecule has 0 saturated heterocycles. The van der Waals surface area contributed by atoms with Gasteiger partial charge in [0, 0.05) is 17.3 Å². The number of thiophene rings is 1. The lowest BCUT2D eigenvalue weighted by atomic mass is 10.0. The van der Waals surface area contributed by atoms with Crippen LogP contribution in [0.4, 0.5) is 0 Å². The van der Waals surface area contributed by atoms with Gasteiger partial charge >= 0.3 is 0 Å². The zero-order chi connectivity index (χ0) is 12.8. The first-order chi connectivity index (χ1) is 8.78. The van der Waals surface area contributed by atoms with Gasteiger partial charge in [-0.15, -0.1) is 11.3 Å². The van der Waals surface area contributed by atoms with Crippen LogP contribution < -0.4 is 11.1 Å². The monoisotopic (exact) mass is 266 g/mol. The molecule has 3 nitrogen and oxygen atoms in total. The molecule has 18 heavy (non-hydrogen) atoms. The molecule has 0 bridgehead atoms. The lowest BCUT2D eigenvalue weighted by Crippen LogP contribution is -2.33. The van der Waals surface area contributed by atoms with Gasteiger partial charge in [-0.05, 0) is 56.0 Å². The summed E-state index contributed by atoms with van der Waals surface area (Å²) in [6.07, 6.45) is 6.02. The molecule has 1 aromatic heterocycles. The van der Waals surface area contributed by atoms with Gasteiger partial charge in [0.15, 0.2) is 0 Å². The Morgan fingerprint density at radius 3 is 3.11 bits per heavy atom. The van der Waals surface area contributed by atoms with Gasteiger partial charge in [0.25, 0.3) is 0 Å². The average Bonchev–Trinajstić information content (AvgIpc) is 2.99. The van der Waals surface area contributed by atoms with Crippen LogP contribution >= 0.6 is 11.3 Å². The summed E-state index contributed by atoms with van der Waals surface area (Å²) in [4.78, 5) is 13.1. The number of carbonyl (C=O) groups excluding carboxylic acids is 1. The van der Waals surface area contributed by atoms with Crippen LogP contribution in [0.25, 0.3) is 0 Å². The Morgan fingerprint density at radius 1 is 1.50 bits per heavy atom. The van der Waals surface area contributed by atoms with Crippen molar-refractivity contribution in [3.63, 3.8) is 0 Å². The topological polar surface area (TPSA) is 55.1 Å². The Kier molecular flexibility index (Phi) is 5.20. The van der Waals surface area contributed by atoms with Crippen molar-refractivity contribution in [1.29, 1.82) is 0 Å². The van der Waals surface area contributed by atoms with Crippen LogP contribution in [0.2, 0.25) is 0 Å². The number of hydrogen-bond acceptors (Lipinski definition) is 3. The lowest BCUT2D eigenvalue weighted by molar-refractivity contribution is -0.121. The molecule has 1 saturated carbocycles. The smallest absolute Gasteiger partial charge is 0.220 e. The number of rotatable bonds is 6. The number of aryl methyl sites for hydroxylation is 1. The molecule has 2 atom stereocenters. The summed E-state index contributed by atoms with van der Waals surface area (Å²) < 4.78 is 0. The molecule has 0 radical (unpaired) electrons. The first-order valence-corrected chi connectivity index (χ1v) is 7.67. The number of carbonyl (C=O) groups is 1. The second kappa shape index (κ2) is 6.90. The zero-order valence-electron chi connectivity index (χ0n) is 10.7. The summed E-state index contributed by atoms with van der Waals surface area (Å²) in [5.41, 5.74) is 5.57. The molecule has 1 aliphatic carbocycles. The van der Waals surface area contributed by atoms with Gasteiger partial charge < -0.3 is 11.1 Å². The van der Waals surface area contributed by atoms with Gasteiger partial charge in [-0.25, -0.2) is 0 Å². The third kappa shape index (κ3) is 4.10. The van der Waals surface area contributed by atoms with E-state index >= 15 is 0 Å². The minimum absolute atomic E-state index is 0.196. The Bertz CT molecular complexity index is 364. The van der Waals surface area contributed by atoms with E-state index in [1.54, 1.807) is 11.3 Å². The lowest BCUT2D eigenvalue weighted by Gasteiger charge is -2.13. The summed E-state index contributed by atoms with van der Waals surface area (Å²) >= 11 is 1.72. The fourth-order valence-electron chi connectivity index (χ4n) is 2.70. The molecule has 1 aliphatic rings. The highest BCUT2D eigenvalue weighted by Crippen LogP contribution is 2.27. The maximum absolute atomic E-state index is 11.8. The van der Waals surface area contributed by atoms with Crippen LogP contribution in [0.5, 0.6) is 0 Å². The molecule has 0 spiro atoms. The van der Waals surface area contributed by atoms with Crippen LogP contribution in [-0.2, 0) is 11.2 Å². The summed E-state index contributed by atoms with van der Waals surface area (Å²) in [7, 11) is 0. The first-order valence-electron chi connectivity index (χ1n) is 6.79. The number of nitrogens with one attached hydrogen (secondary N) is 1. The molecule has 1 heterocycles. The van der Waals surface area contributed by atoms with Crippen molar-refractivity contribution in [2.75, 3.05) is 6.54 Å². The van der Waals surface area contributed by atoms with E-state index in [9.17, 15) is 4.79 Å². The molecular weight excluding hydrogens is 244 g/mol. The van der Waals surface area contributed by atoms with Gasteiger partial charge in [0.2, 0.25) is 5.91 Å². The SMILES string of the molecule is NCCC1CCC(NC(=O)CCc2cccs2)C1. The maximum Gasteiger partial charge on any atom is 0.220 e. The standard InChI is InChI=1S/C14H22N2OS/c15-8-7-11-3-4-12(10-11)16-14(17)6-5-13-2-1-9-18-13/h1-2,9,11-12H,3-8,10,15H2,(H,16,17). The molecule has 1 amide bonds. The van der Waals surface area contributed by atoms with Crippen LogP contribution in [0.15, 0.2) is 17.5 Å². The normalized spacial score (nSPS) is 23.2. The third-order valence-electron chi connectivity index (χ3n) is 3.66. The fraction of sp³-hybridized carbons (Fsp3) is 0.643. The summed E-state index contributed by atoms with van der Waals surface area (Å²) in [6, 6.07) is 4.51. The predicted molar refractivity (Wildman–Crippen MR) is 75.6 cm³/mol. The van der Waals surface area contributed by atoms with E-state index < -0.39 is 0 Å². The highest BCUT2D eigenvalue weighted by Gasteiger charge is 2.24. The van der Waals surface area contributed by atoms with Crippen molar-refractivity contribution >= 4 is 17.2 Å². The Balaban J connectivity index is 1.65. The molecule has 4 heteroatoms. The average molecular weight is 266 g/mol. The minimum Gasteiger partial charge on any atom is -0.353 e. The fourth-order valence-corrected chi connectivity index (χ4v) is 3.40. The van der Waals surface area contributed by atoms with Crippen molar-refractivity contribution in [1.82, 2.24) is 5.32 Å². The molecule has 2 rings (SSSR count). The molecule has 1 fully saturated rings. The van der Waals surface area contributed by atoms with Crippen LogP contribution in [0.1, 0.15) is 37.0 Å². The predicted octanol–water partition coefficient (Wildman–Crippen LogP) is 2.31. The summed E-state index contributed by atoms with van der Waals surface area (Å²) in [6.45, 7) is 0.768. The van der Waals surface area contributed by atoms with E-state index in [0.29, 0.717) is 12.5 Å². The van der Waals surface area contributed by atoms with Gasteiger partial charge in [-0.3, -0.25) is 4.79 Å². The Labute approximate surface area is 113 Å². The summed E-state index contributed by atoms with van der Waals surface area (Å²) in [5, 5.41) is 5.21. The largest absolute Gasteiger partial charge is 0.353 e. The summed E-state index contributed by atoms with van der Waals surface area (Å²) in [5.74, 6) is 0.916. The number of amides is 1. The van der Waals surface area contributed by atoms with Crippen LogP contribution in [0.3, 0.4) is 0 Å². The molecule has 1 aromatic rings. The van der Waals surface area contributed by atoms with E-state index in [4.69, 9.17) is 5.73 Å². The van der Waals surface area contributed by atoms with Crippen molar-refractivity contribution < 1.29 is 4.79 Å². The third-order valence-corrected chi connectivity index (χ3v) is 4.60. The minimum atomic E-state index is 0.196. The van der Waals surface area contributed by atoms with E-state index in [2.05, 4.69) is 16.8 Å². The van der Waals surface area contributed by atoms with Crippen molar-refractivity contribution in [3.05, 3.63) is 22.4 Å². The number of hydrogen-bond donors (Lipinski definition) is 2. The van der Waals surface area contributed by atoms with Crippen LogP contribution in [-0.4, -0.2) is 18.5 Å².